The summed E-state index contributed by atoms with van der Waals surface area (Å²) in [6, 6.07) is 138. The fourth-order valence-corrected chi connectivity index (χ4v) is 19.4. The van der Waals surface area contributed by atoms with Crippen LogP contribution in [-0.2, 0) is 5.41 Å². The molecule has 2 aliphatic rings. The predicted octanol–water partition coefficient (Wildman–Crippen LogP) is 29.5. The molecule has 0 aliphatic heterocycles. The van der Waals surface area contributed by atoms with Gasteiger partial charge in [0.15, 0.2) is 5.82 Å². The van der Waals surface area contributed by atoms with Gasteiger partial charge < -0.3 is 4.57 Å². The minimum atomic E-state index is -0.161. The zero-order chi connectivity index (χ0) is 74.1. The Bertz CT molecular complexity index is 7190. The van der Waals surface area contributed by atoms with E-state index in [2.05, 4.69) is 401 Å². The molecule has 0 atom stereocenters. The molecule has 2 aromatic heterocycles. The summed E-state index contributed by atoms with van der Waals surface area (Å²) in [5, 5.41) is 14.5. The topological polar surface area (TPSA) is 30.7 Å². The van der Waals surface area contributed by atoms with Gasteiger partial charge in [-0.05, 0) is 220 Å². The van der Waals surface area contributed by atoms with Gasteiger partial charge in [-0.1, -0.05) is 354 Å². The molecule has 3 heteroatoms. The minimum Gasteiger partial charge on any atom is -0.309 e. The molecule has 0 saturated carbocycles. The molecule has 0 fully saturated rings. The van der Waals surface area contributed by atoms with Crippen molar-refractivity contribution in [3.63, 3.8) is 0 Å². The first-order chi connectivity index (χ1) is 55.4. The first-order valence-electron chi connectivity index (χ1n) is 39.2. The van der Waals surface area contributed by atoms with Gasteiger partial charge in [-0.2, -0.15) is 0 Å². The zero-order valence-corrected chi connectivity index (χ0v) is 62.1. The van der Waals surface area contributed by atoms with Gasteiger partial charge >= 0.3 is 0 Å². The lowest BCUT2D eigenvalue weighted by atomic mass is 9.73. The fraction of sp³-hybridized carbons (Fsp3) is 0.0459. The lowest BCUT2D eigenvalue weighted by Gasteiger charge is -2.29. The van der Waals surface area contributed by atoms with Crippen LogP contribution in [0.3, 0.4) is 0 Å². The highest BCUT2D eigenvalue weighted by atomic mass is 15.0. The van der Waals surface area contributed by atoms with Crippen LogP contribution in [0.2, 0.25) is 0 Å². The van der Waals surface area contributed by atoms with Crippen LogP contribution >= 0.6 is 0 Å². The van der Waals surface area contributed by atoms with E-state index < -0.39 is 0 Å². The Labute approximate surface area is 651 Å². The molecule has 0 unspecified atom stereocenters. The van der Waals surface area contributed by atoms with Gasteiger partial charge in [-0.25, -0.2) is 9.97 Å². The maximum atomic E-state index is 5.54. The van der Waals surface area contributed by atoms with E-state index in [0.717, 1.165) is 113 Å². The maximum Gasteiger partial charge on any atom is 0.160 e. The predicted molar refractivity (Wildman–Crippen MR) is 473 cm³/mol. The van der Waals surface area contributed by atoms with Crippen LogP contribution in [0.5, 0.6) is 0 Å². The Kier molecular flexibility index (Phi) is 15.1. The van der Waals surface area contributed by atoms with Crippen LogP contribution in [0.4, 0.5) is 0 Å². The molecular formula is C109H73N3. The number of nitrogens with zero attached hydrogens (tertiary/aromatic N) is 3. The first kappa shape index (κ1) is 65.0. The van der Waals surface area contributed by atoms with Crippen molar-refractivity contribution in [1.82, 2.24) is 14.5 Å². The summed E-state index contributed by atoms with van der Waals surface area (Å²) in [4.78, 5) is 11.1. The largest absolute Gasteiger partial charge is 0.309 e. The minimum absolute atomic E-state index is 0.161. The van der Waals surface area contributed by atoms with Crippen LogP contribution in [0, 0.1) is 0 Å². The molecule has 0 saturated heterocycles. The number of para-hydroxylation sites is 1. The molecule has 3 nitrogen and oxygen atoms in total. The molecule has 2 aliphatic carbocycles. The third kappa shape index (κ3) is 10.1. The van der Waals surface area contributed by atoms with Crippen LogP contribution < -0.4 is 0 Å². The van der Waals surface area contributed by atoms with Gasteiger partial charge in [-0.3, -0.25) is 0 Å². The summed E-state index contributed by atoms with van der Waals surface area (Å²) in [5.41, 5.74) is 32.1. The Hall–Kier alpha value is -14.1. The molecule has 0 radical (unpaired) electrons. The number of hydrogen-bond acceptors (Lipinski definition) is 2. The van der Waals surface area contributed by atoms with Gasteiger partial charge in [0, 0.05) is 38.6 Å². The molecule has 524 valence electrons. The molecule has 0 amide bonds. The van der Waals surface area contributed by atoms with E-state index >= 15 is 0 Å². The fourth-order valence-electron chi connectivity index (χ4n) is 19.4. The summed E-state index contributed by atoms with van der Waals surface area (Å²) in [6.45, 7) is 4.86. The van der Waals surface area contributed by atoms with Crippen LogP contribution in [0.25, 0.3) is 210 Å². The van der Waals surface area contributed by atoms with Gasteiger partial charge in [-0.15, -0.1) is 0 Å². The number of aromatic nitrogens is 3. The number of rotatable bonds is 12. The monoisotopic (exact) mass is 1420 g/mol. The molecule has 0 bridgehead atoms. The number of hydrogen-bond donors (Lipinski definition) is 0. The third-order valence-electron chi connectivity index (χ3n) is 24.2. The van der Waals surface area contributed by atoms with Gasteiger partial charge in [0.25, 0.3) is 0 Å². The summed E-state index contributed by atoms with van der Waals surface area (Å²) in [5.74, 6) is 0.649. The summed E-state index contributed by atoms with van der Waals surface area (Å²) in [6.07, 6.45) is 6.90. The number of benzene rings is 18. The van der Waals surface area contributed by atoms with E-state index in [-0.39, 0.29) is 5.41 Å². The van der Waals surface area contributed by atoms with Crippen molar-refractivity contribution < 1.29 is 0 Å². The van der Waals surface area contributed by atoms with E-state index in [1.165, 1.54) is 120 Å². The highest BCUT2D eigenvalue weighted by molar-refractivity contribution is 6.46. The quantitative estimate of drug-likeness (QED) is 0.0902. The van der Waals surface area contributed by atoms with Crippen molar-refractivity contribution in [2.24, 2.45) is 0 Å². The SMILES string of the molecule is CC1(C)C2=C(CCC=C2)c2cc3c4ccccc4n(-c4cccc(-c5c(-c6ccccc6)c(-c6ccccc6)c(-c6cccc(-c7nc(-c8ccccc8)cc(-c8ccccc8)n7)c6)c6c7cccc8c9c(-c%10ccccc%10)c(-c%10ccccc%10)c(-c%10ccccc%10)c(-c%10ccccc%10)c9c9cccc(c56)c9c87)c4)c3cc21. The van der Waals surface area contributed by atoms with Crippen LogP contribution in [-0.4, -0.2) is 14.5 Å². The van der Waals surface area contributed by atoms with Gasteiger partial charge in [0.05, 0.1) is 22.4 Å². The molecule has 0 spiro atoms. The smallest absolute Gasteiger partial charge is 0.160 e. The highest BCUT2D eigenvalue weighted by Gasteiger charge is 2.39. The molecule has 18 aromatic carbocycles. The second kappa shape index (κ2) is 26.1. The number of allylic oxidation sites excluding steroid dienone is 4. The standard InChI is InChI=1S/C109H73N3/c1-109(2)88-61-29-27-55-80(88)86-65-87-81-56-28-30-62-92(81)112(93(87)66-89(86)109)79-54-32-52-77(64-79)101-97(73-45-21-8-22-46-73)96(72-43-19-7-20-44-72)100(76-51-31-53-78(63-76)108-110-90(68-35-11-3-12-36-68)67-91(111-108)69-37-13-4-14-38-69)106-84-59-33-57-82-102(84)103-83(58-34-60-85(103)107(101)106)105-99(75-49-25-10-26-50-75)95(71-41-17-6-18-42-71)94(70-39-15-5-16-40-70)98(104(82)105)74-47-23-9-24-48-74/h3-26,28-54,56-67H,27,55H2,1-2H3. The van der Waals surface area contributed by atoms with Crippen molar-refractivity contribution >= 4 is 81.2 Å². The summed E-state index contributed by atoms with van der Waals surface area (Å²) in [7, 11) is 0. The molecule has 0 N–H and O–H groups in total. The van der Waals surface area contributed by atoms with E-state index in [1.807, 2.05) is 0 Å². The Morgan fingerprint density at radius 1 is 0.268 bits per heavy atom. The van der Waals surface area contributed by atoms with Crippen molar-refractivity contribution in [2.75, 3.05) is 0 Å². The third-order valence-corrected chi connectivity index (χ3v) is 24.2. The second-order valence-electron chi connectivity index (χ2n) is 30.7. The van der Waals surface area contributed by atoms with E-state index in [9.17, 15) is 0 Å². The lowest BCUT2D eigenvalue weighted by Crippen LogP contribution is -2.16. The van der Waals surface area contributed by atoms with Gasteiger partial charge in [0.1, 0.15) is 0 Å². The summed E-state index contributed by atoms with van der Waals surface area (Å²) >= 11 is 0. The number of fused-ring (bicyclic) bond motifs is 11. The van der Waals surface area contributed by atoms with Crippen molar-refractivity contribution in [2.45, 2.75) is 32.1 Å². The average Bonchev–Trinajstić information content (AvgIpc) is 1.70. The van der Waals surface area contributed by atoms with Crippen LogP contribution in [0.1, 0.15) is 37.8 Å². The Balaban J connectivity index is 0.946. The van der Waals surface area contributed by atoms with E-state index in [1.54, 1.807) is 0 Å². The van der Waals surface area contributed by atoms with Gasteiger partial charge in [0.2, 0.25) is 0 Å². The first-order valence-corrected chi connectivity index (χ1v) is 39.2. The second-order valence-corrected chi connectivity index (χ2v) is 30.7. The van der Waals surface area contributed by atoms with E-state index in [4.69, 9.17) is 9.97 Å². The Morgan fingerprint density at radius 3 is 1.06 bits per heavy atom. The van der Waals surface area contributed by atoms with E-state index in [0.29, 0.717) is 5.82 Å². The van der Waals surface area contributed by atoms with Crippen molar-refractivity contribution in [1.29, 1.82) is 0 Å². The molecule has 2 heterocycles. The lowest BCUT2D eigenvalue weighted by molar-refractivity contribution is 0.652. The highest BCUT2D eigenvalue weighted by Crippen LogP contribution is 2.61. The van der Waals surface area contributed by atoms with Crippen LogP contribution in [0.15, 0.2) is 388 Å². The summed E-state index contributed by atoms with van der Waals surface area (Å²) < 4.78 is 2.56. The maximum absolute atomic E-state index is 5.54. The Morgan fingerprint density at radius 2 is 0.616 bits per heavy atom. The zero-order valence-electron chi connectivity index (χ0n) is 62.1. The normalized spacial score (nSPS) is 13.2. The van der Waals surface area contributed by atoms with Crippen molar-refractivity contribution in [3.05, 3.63) is 399 Å². The molecule has 22 rings (SSSR count). The van der Waals surface area contributed by atoms with Crippen molar-refractivity contribution in [3.8, 4) is 129 Å². The molecule has 20 aromatic rings. The average molecular weight is 1420 g/mol. The molecular weight excluding hydrogens is 1350 g/mol. The molecule has 112 heavy (non-hydrogen) atoms.